The van der Waals surface area contributed by atoms with Crippen molar-refractivity contribution >= 4 is 39.1 Å². The molecule has 0 saturated heterocycles. The minimum absolute atomic E-state index is 0.0412. The molecule has 1 fully saturated rings. The van der Waals surface area contributed by atoms with E-state index in [1.54, 1.807) is 42.5 Å². The number of methoxy groups -OCH3 is 1. The molecule has 0 bridgehead atoms. The first-order valence-corrected chi connectivity index (χ1v) is 16.4. The van der Waals surface area contributed by atoms with Gasteiger partial charge < -0.3 is 15.0 Å². The van der Waals surface area contributed by atoms with Gasteiger partial charge in [-0.05, 0) is 60.4 Å². The summed E-state index contributed by atoms with van der Waals surface area (Å²) in [7, 11) is -2.33. The van der Waals surface area contributed by atoms with Crippen molar-refractivity contribution in [2.24, 2.45) is 0 Å². The number of hydrogen-bond donors (Lipinski definition) is 1. The quantitative estimate of drug-likeness (QED) is 0.304. The van der Waals surface area contributed by atoms with Gasteiger partial charge in [0.1, 0.15) is 18.3 Å². The van der Waals surface area contributed by atoms with Gasteiger partial charge in [0.15, 0.2) is 0 Å². The van der Waals surface area contributed by atoms with Gasteiger partial charge in [-0.15, -0.1) is 0 Å². The zero-order chi connectivity index (χ0) is 30.1. The summed E-state index contributed by atoms with van der Waals surface area (Å²) in [5.74, 6) is -0.198. The second-order valence-electron chi connectivity index (χ2n) is 10.7. The molecular formula is C32H38ClN3O5S. The molecule has 1 N–H and O–H groups in total. The van der Waals surface area contributed by atoms with Gasteiger partial charge in [-0.1, -0.05) is 73.3 Å². The van der Waals surface area contributed by atoms with Gasteiger partial charge in [0.25, 0.3) is 0 Å². The Balaban J connectivity index is 1.71. The van der Waals surface area contributed by atoms with Gasteiger partial charge in [-0.3, -0.25) is 13.9 Å². The predicted molar refractivity (Wildman–Crippen MR) is 166 cm³/mol. The maximum absolute atomic E-state index is 14.2. The van der Waals surface area contributed by atoms with Gasteiger partial charge in [0, 0.05) is 24.0 Å². The van der Waals surface area contributed by atoms with Crippen molar-refractivity contribution in [2.75, 3.05) is 24.2 Å². The summed E-state index contributed by atoms with van der Waals surface area (Å²) in [5, 5.41) is 3.70. The minimum Gasteiger partial charge on any atom is -0.497 e. The molecule has 224 valence electrons. The monoisotopic (exact) mass is 611 g/mol. The van der Waals surface area contributed by atoms with Gasteiger partial charge in [-0.25, -0.2) is 8.42 Å². The van der Waals surface area contributed by atoms with Crippen LogP contribution in [0.2, 0.25) is 5.02 Å². The first-order valence-electron chi connectivity index (χ1n) is 14.1. The van der Waals surface area contributed by atoms with E-state index in [9.17, 15) is 18.0 Å². The number of hydrogen-bond acceptors (Lipinski definition) is 5. The summed E-state index contributed by atoms with van der Waals surface area (Å²) in [6.45, 7) is -0.400. The van der Waals surface area contributed by atoms with Crippen LogP contribution in [0.1, 0.15) is 43.2 Å². The van der Waals surface area contributed by atoms with Crippen LogP contribution in [0, 0.1) is 0 Å². The first-order chi connectivity index (χ1) is 20.1. The fourth-order valence-corrected chi connectivity index (χ4v) is 6.35. The van der Waals surface area contributed by atoms with Gasteiger partial charge in [0.05, 0.1) is 19.1 Å². The molecule has 1 saturated carbocycles. The number of amides is 2. The summed E-state index contributed by atoms with van der Waals surface area (Å²) >= 11 is 6.28. The lowest BCUT2D eigenvalue weighted by Crippen LogP contribution is -2.55. The van der Waals surface area contributed by atoms with E-state index >= 15 is 0 Å². The number of sulfonamides is 1. The second kappa shape index (κ2) is 14.6. The van der Waals surface area contributed by atoms with Crippen molar-refractivity contribution < 1.29 is 22.7 Å². The lowest BCUT2D eigenvalue weighted by molar-refractivity contribution is -0.140. The molecule has 3 aromatic rings. The third kappa shape index (κ3) is 8.72. The van der Waals surface area contributed by atoms with E-state index in [0.29, 0.717) is 16.5 Å². The van der Waals surface area contributed by atoms with Gasteiger partial charge >= 0.3 is 0 Å². The molecule has 8 nitrogen and oxygen atoms in total. The van der Waals surface area contributed by atoms with E-state index in [1.807, 2.05) is 36.4 Å². The Bertz CT molecular complexity index is 1440. The number of halogens is 1. The zero-order valence-electron chi connectivity index (χ0n) is 24.0. The number of nitrogens with one attached hydrogen (secondary N) is 1. The summed E-state index contributed by atoms with van der Waals surface area (Å²) in [4.78, 5) is 29.6. The molecule has 1 atom stereocenters. The summed E-state index contributed by atoms with van der Waals surface area (Å²) in [5.41, 5.74) is 1.94. The molecule has 0 unspecified atom stereocenters. The fourth-order valence-electron chi connectivity index (χ4n) is 5.29. The Morgan fingerprint density at radius 1 is 0.952 bits per heavy atom. The van der Waals surface area contributed by atoms with E-state index in [0.717, 1.165) is 53.8 Å². The summed E-state index contributed by atoms with van der Waals surface area (Å²) in [6.07, 6.45) is 6.36. The van der Waals surface area contributed by atoms with E-state index in [4.69, 9.17) is 16.3 Å². The third-order valence-electron chi connectivity index (χ3n) is 7.50. The molecule has 1 aliphatic carbocycles. The second-order valence-corrected chi connectivity index (χ2v) is 13.0. The van der Waals surface area contributed by atoms with Gasteiger partial charge in [0.2, 0.25) is 21.8 Å². The highest BCUT2D eigenvalue weighted by atomic mass is 35.5. The Hall–Kier alpha value is -3.56. The fraction of sp³-hybridized carbons (Fsp3) is 0.375. The predicted octanol–water partition coefficient (Wildman–Crippen LogP) is 5.20. The standard InChI is InChI=1S/C32H38ClN3O5S/c1-41-29-18-16-28(17-19-29)36(42(2,39)40)23-31(37)35(22-25-12-9-13-26(33)20-25)30(21-24-10-5-3-6-11-24)32(38)34-27-14-7-4-8-15-27/h3,5-6,9-13,16-20,27,30H,4,7-8,14-15,21-23H2,1-2H3,(H,34,38)/t30-/m1/s1. The molecule has 0 aliphatic heterocycles. The van der Waals surface area contributed by atoms with Gasteiger partial charge in [-0.2, -0.15) is 0 Å². The Kier molecular flexibility index (Phi) is 10.9. The average Bonchev–Trinajstić information content (AvgIpc) is 2.98. The van der Waals surface area contributed by atoms with Crippen LogP contribution in [0.5, 0.6) is 5.75 Å². The molecule has 2 amide bonds. The van der Waals surface area contributed by atoms with Crippen LogP contribution in [-0.4, -0.2) is 57.1 Å². The van der Waals surface area contributed by atoms with Crippen molar-refractivity contribution in [3.8, 4) is 5.75 Å². The van der Waals surface area contributed by atoms with Crippen LogP contribution in [0.25, 0.3) is 0 Å². The van der Waals surface area contributed by atoms with Crippen LogP contribution in [-0.2, 0) is 32.6 Å². The number of ether oxygens (including phenoxy) is 1. The van der Waals surface area contributed by atoms with E-state index in [-0.39, 0.29) is 24.9 Å². The van der Waals surface area contributed by atoms with Crippen molar-refractivity contribution in [1.82, 2.24) is 10.2 Å². The average molecular weight is 612 g/mol. The number of nitrogens with zero attached hydrogens (tertiary/aromatic N) is 2. The van der Waals surface area contributed by atoms with Crippen molar-refractivity contribution in [3.63, 3.8) is 0 Å². The van der Waals surface area contributed by atoms with Crippen LogP contribution in [0.3, 0.4) is 0 Å². The van der Waals surface area contributed by atoms with Crippen molar-refractivity contribution in [2.45, 2.75) is 57.2 Å². The molecule has 0 spiro atoms. The molecule has 0 aromatic heterocycles. The van der Waals surface area contributed by atoms with Crippen LogP contribution in [0.15, 0.2) is 78.9 Å². The summed E-state index contributed by atoms with van der Waals surface area (Å²) < 4.78 is 32.1. The molecule has 0 heterocycles. The van der Waals surface area contributed by atoms with E-state index in [1.165, 1.54) is 12.0 Å². The van der Waals surface area contributed by atoms with Crippen LogP contribution in [0.4, 0.5) is 5.69 Å². The maximum Gasteiger partial charge on any atom is 0.244 e. The summed E-state index contributed by atoms with van der Waals surface area (Å²) in [6, 6.07) is 22.2. The number of carbonyl (C=O) groups excluding carboxylic acids is 2. The smallest absolute Gasteiger partial charge is 0.244 e. The van der Waals surface area contributed by atoms with Crippen molar-refractivity contribution in [1.29, 1.82) is 0 Å². The molecular weight excluding hydrogens is 574 g/mol. The van der Waals surface area contributed by atoms with E-state index < -0.39 is 28.5 Å². The molecule has 10 heteroatoms. The molecule has 1 aliphatic rings. The Morgan fingerprint density at radius 2 is 1.62 bits per heavy atom. The minimum atomic E-state index is -3.85. The molecule has 42 heavy (non-hydrogen) atoms. The van der Waals surface area contributed by atoms with E-state index in [2.05, 4.69) is 5.32 Å². The molecule has 4 rings (SSSR count). The highest BCUT2D eigenvalue weighted by Crippen LogP contribution is 2.24. The van der Waals surface area contributed by atoms with Crippen LogP contribution < -0.4 is 14.4 Å². The number of rotatable bonds is 12. The molecule has 3 aromatic carbocycles. The zero-order valence-corrected chi connectivity index (χ0v) is 25.6. The Labute approximate surface area is 253 Å². The number of carbonyl (C=O) groups is 2. The Morgan fingerprint density at radius 3 is 2.24 bits per heavy atom. The molecule has 0 radical (unpaired) electrons. The topological polar surface area (TPSA) is 96.0 Å². The highest BCUT2D eigenvalue weighted by Gasteiger charge is 2.34. The number of anilines is 1. The third-order valence-corrected chi connectivity index (χ3v) is 8.88. The lowest BCUT2D eigenvalue weighted by atomic mass is 9.94. The maximum atomic E-state index is 14.2. The highest BCUT2D eigenvalue weighted by molar-refractivity contribution is 7.92. The normalized spacial score (nSPS) is 14.5. The largest absolute Gasteiger partial charge is 0.497 e. The number of benzene rings is 3. The lowest BCUT2D eigenvalue weighted by Gasteiger charge is -2.35. The van der Waals surface area contributed by atoms with Crippen molar-refractivity contribution in [3.05, 3.63) is 95.0 Å². The van der Waals surface area contributed by atoms with Crippen LogP contribution >= 0.6 is 11.6 Å². The first kappa shape index (κ1) is 31.4. The SMILES string of the molecule is COc1ccc(N(CC(=O)N(Cc2cccc(Cl)c2)[C@H](Cc2ccccc2)C(=O)NC2CCCCC2)S(C)(=O)=O)cc1.